The Labute approximate surface area is 131 Å². The van der Waals surface area contributed by atoms with Crippen LogP contribution in [-0.4, -0.2) is 26.4 Å². The molecule has 0 aliphatic heterocycles. The van der Waals surface area contributed by atoms with Crippen LogP contribution in [0.2, 0.25) is 5.02 Å². The van der Waals surface area contributed by atoms with E-state index in [9.17, 15) is 4.79 Å². The SMILES string of the molecule is CC(=O)Cc1ccccc1C([Se])=Nc1ccccc1Cl. The topological polar surface area (TPSA) is 29.4 Å². The molecule has 0 atom stereocenters. The van der Waals surface area contributed by atoms with Crippen LogP contribution in [0.5, 0.6) is 0 Å². The Balaban J connectivity index is 2.41. The Morgan fingerprint density at radius 2 is 1.80 bits per heavy atom. The van der Waals surface area contributed by atoms with E-state index in [1.54, 1.807) is 13.0 Å². The quantitative estimate of drug-likeness (QED) is 0.611. The number of nitrogens with zero attached hydrogens (tertiary/aromatic N) is 1. The molecule has 0 saturated carbocycles. The number of benzene rings is 2. The Bertz CT molecular complexity index is 667. The van der Waals surface area contributed by atoms with E-state index >= 15 is 0 Å². The van der Waals surface area contributed by atoms with Gasteiger partial charge in [0.1, 0.15) is 0 Å². The summed E-state index contributed by atoms with van der Waals surface area (Å²) in [7, 11) is 0. The summed E-state index contributed by atoms with van der Waals surface area (Å²) in [4.78, 5) is 15.8. The predicted octanol–water partition coefficient (Wildman–Crippen LogP) is 3.72. The molecule has 0 unspecified atom stereocenters. The van der Waals surface area contributed by atoms with Crippen LogP contribution in [0.4, 0.5) is 5.69 Å². The number of aliphatic imine (C=N–C) groups is 1. The fourth-order valence-corrected chi connectivity index (χ4v) is 2.67. The second-order valence-corrected chi connectivity index (χ2v) is 5.62. The van der Waals surface area contributed by atoms with Gasteiger partial charge in [-0.2, -0.15) is 0 Å². The van der Waals surface area contributed by atoms with Gasteiger partial charge >= 0.3 is 132 Å². The molecule has 0 heterocycles. The standard InChI is InChI=1S/C16H13ClNOSe/c1-11(19)10-12-6-2-3-7-13(12)16(20)18-15-9-5-4-8-14(15)17/h2-9H,10H2,1H3. The van der Waals surface area contributed by atoms with Crippen molar-refractivity contribution in [2.24, 2.45) is 4.99 Å². The van der Waals surface area contributed by atoms with Crippen LogP contribution in [0, 0.1) is 0 Å². The van der Waals surface area contributed by atoms with Crippen molar-refractivity contribution in [3.05, 3.63) is 64.7 Å². The zero-order valence-corrected chi connectivity index (χ0v) is 13.4. The van der Waals surface area contributed by atoms with E-state index in [1.165, 1.54) is 0 Å². The molecular formula is C16H13ClNOSe. The molecular weight excluding hydrogens is 337 g/mol. The Hall–Kier alpha value is -1.41. The van der Waals surface area contributed by atoms with Crippen LogP contribution >= 0.6 is 11.6 Å². The Morgan fingerprint density at radius 3 is 2.50 bits per heavy atom. The molecule has 20 heavy (non-hydrogen) atoms. The zero-order valence-electron chi connectivity index (χ0n) is 11.0. The number of carbonyl (C=O) groups is 1. The first-order valence-electron chi connectivity index (χ1n) is 6.16. The van der Waals surface area contributed by atoms with E-state index in [1.807, 2.05) is 42.5 Å². The molecule has 0 aliphatic carbocycles. The van der Waals surface area contributed by atoms with Crippen LogP contribution in [0.15, 0.2) is 53.5 Å². The maximum atomic E-state index is 11.3. The van der Waals surface area contributed by atoms with E-state index in [2.05, 4.69) is 21.0 Å². The summed E-state index contributed by atoms with van der Waals surface area (Å²) in [5.74, 6) is 0.128. The van der Waals surface area contributed by atoms with Crippen molar-refractivity contribution < 1.29 is 4.79 Å². The maximum absolute atomic E-state index is 11.3. The number of rotatable bonds is 4. The fraction of sp³-hybridized carbons (Fsp3) is 0.125. The molecule has 0 spiro atoms. The fourth-order valence-electron chi connectivity index (χ4n) is 1.86. The van der Waals surface area contributed by atoms with Crippen molar-refractivity contribution in [1.29, 1.82) is 0 Å². The molecule has 0 fully saturated rings. The summed E-state index contributed by atoms with van der Waals surface area (Å²) in [6.45, 7) is 1.58. The van der Waals surface area contributed by atoms with E-state index in [0.717, 1.165) is 15.7 Å². The summed E-state index contributed by atoms with van der Waals surface area (Å²) in [6.07, 6.45) is 0.402. The molecule has 2 aromatic rings. The number of hydrogen-bond acceptors (Lipinski definition) is 2. The number of ketones is 1. The van der Waals surface area contributed by atoms with E-state index in [0.29, 0.717) is 17.1 Å². The first kappa shape index (κ1) is 15.0. The molecule has 4 heteroatoms. The second-order valence-electron chi connectivity index (χ2n) is 4.40. The van der Waals surface area contributed by atoms with Gasteiger partial charge in [-0.3, -0.25) is 0 Å². The van der Waals surface area contributed by atoms with Gasteiger partial charge in [0.25, 0.3) is 0 Å². The number of Topliss-reactive ketones (excluding diaryl/α,β-unsaturated/α-hetero) is 1. The molecule has 0 amide bonds. The third-order valence-electron chi connectivity index (χ3n) is 2.76. The summed E-state index contributed by atoms with van der Waals surface area (Å²) in [5.41, 5.74) is 2.60. The van der Waals surface area contributed by atoms with E-state index in [-0.39, 0.29) is 5.78 Å². The first-order valence-corrected chi connectivity index (χ1v) is 7.39. The molecule has 2 rings (SSSR count). The summed E-state index contributed by atoms with van der Waals surface area (Å²) < 4.78 is 0.731. The molecule has 0 N–H and O–H groups in total. The molecule has 2 aromatic carbocycles. The molecule has 0 aliphatic rings. The van der Waals surface area contributed by atoms with Gasteiger partial charge in [0.15, 0.2) is 0 Å². The third-order valence-corrected chi connectivity index (χ3v) is 3.73. The van der Waals surface area contributed by atoms with Crippen LogP contribution < -0.4 is 0 Å². The van der Waals surface area contributed by atoms with Gasteiger partial charge < -0.3 is 0 Å². The number of hydrogen-bond donors (Lipinski definition) is 0. The van der Waals surface area contributed by atoms with E-state index in [4.69, 9.17) is 11.6 Å². The average molecular weight is 350 g/mol. The zero-order chi connectivity index (χ0) is 14.5. The first-order chi connectivity index (χ1) is 9.58. The van der Waals surface area contributed by atoms with Crippen LogP contribution in [0.1, 0.15) is 18.1 Å². The monoisotopic (exact) mass is 350 g/mol. The van der Waals surface area contributed by atoms with Crippen molar-refractivity contribution in [1.82, 2.24) is 0 Å². The van der Waals surface area contributed by atoms with E-state index < -0.39 is 0 Å². The molecule has 0 aromatic heterocycles. The third kappa shape index (κ3) is 3.80. The van der Waals surface area contributed by atoms with Gasteiger partial charge in [-0.05, 0) is 0 Å². The molecule has 0 bridgehead atoms. The van der Waals surface area contributed by atoms with Gasteiger partial charge in [0, 0.05) is 0 Å². The minimum absolute atomic E-state index is 0.128. The molecule has 2 nitrogen and oxygen atoms in total. The van der Waals surface area contributed by atoms with Crippen molar-refractivity contribution >= 4 is 43.7 Å². The summed E-state index contributed by atoms with van der Waals surface area (Å²) in [6, 6.07) is 15.1. The molecule has 0 saturated heterocycles. The van der Waals surface area contributed by atoms with Gasteiger partial charge in [0.05, 0.1) is 0 Å². The van der Waals surface area contributed by atoms with Gasteiger partial charge in [-0.1, -0.05) is 0 Å². The van der Waals surface area contributed by atoms with Crippen molar-refractivity contribution in [3.63, 3.8) is 0 Å². The summed E-state index contributed by atoms with van der Waals surface area (Å²) in [5, 5.41) is 0.601. The average Bonchev–Trinajstić information content (AvgIpc) is 2.41. The number of halogens is 1. The number of carbonyl (C=O) groups excluding carboxylic acids is 1. The Morgan fingerprint density at radius 1 is 1.15 bits per heavy atom. The van der Waals surface area contributed by atoms with Crippen LogP contribution in [0.25, 0.3) is 0 Å². The predicted molar refractivity (Wildman–Crippen MR) is 84.2 cm³/mol. The van der Waals surface area contributed by atoms with Crippen molar-refractivity contribution in [2.75, 3.05) is 0 Å². The van der Waals surface area contributed by atoms with Crippen LogP contribution in [-0.2, 0) is 11.2 Å². The number of para-hydroxylation sites is 1. The van der Waals surface area contributed by atoms with Crippen molar-refractivity contribution in [3.8, 4) is 0 Å². The second kappa shape index (κ2) is 6.85. The summed E-state index contributed by atoms with van der Waals surface area (Å²) >= 11 is 9.07. The normalized spacial score (nSPS) is 11.4. The van der Waals surface area contributed by atoms with Gasteiger partial charge in [-0.25, -0.2) is 0 Å². The van der Waals surface area contributed by atoms with Gasteiger partial charge in [-0.15, -0.1) is 0 Å². The molecule has 1 radical (unpaired) electrons. The Kier molecular flexibility index (Phi) is 5.13. The molecule has 101 valence electrons. The van der Waals surface area contributed by atoms with Crippen LogP contribution in [0.3, 0.4) is 0 Å². The van der Waals surface area contributed by atoms with Gasteiger partial charge in [0.2, 0.25) is 0 Å². The minimum atomic E-state index is 0.128. The van der Waals surface area contributed by atoms with Crippen molar-refractivity contribution in [2.45, 2.75) is 13.3 Å².